The largest absolute Gasteiger partial charge is 0.508 e. The first-order valence-electron chi connectivity index (χ1n) is 9.91. The predicted octanol–water partition coefficient (Wildman–Crippen LogP) is 4.22. The third kappa shape index (κ3) is 4.86. The van der Waals surface area contributed by atoms with Gasteiger partial charge in [-0.25, -0.2) is 9.59 Å². The summed E-state index contributed by atoms with van der Waals surface area (Å²) in [7, 11) is 0. The number of aromatic hydroxyl groups is 1. The van der Waals surface area contributed by atoms with E-state index < -0.39 is 11.6 Å². The second-order valence-electron chi connectivity index (χ2n) is 7.85. The highest BCUT2D eigenvalue weighted by molar-refractivity contribution is 5.98. The maximum absolute atomic E-state index is 12.5. The van der Waals surface area contributed by atoms with E-state index in [1.54, 1.807) is 6.07 Å². The summed E-state index contributed by atoms with van der Waals surface area (Å²) >= 11 is 0. The Morgan fingerprint density at radius 3 is 2.71 bits per heavy atom. The van der Waals surface area contributed by atoms with Gasteiger partial charge in [-0.15, -0.1) is 0 Å². The quantitative estimate of drug-likeness (QED) is 0.277. The number of fused-ring (bicyclic) bond motifs is 1. The maximum Gasteiger partial charge on any atom is 0.349 e. The Morgan fingerprint density at radius 1 is 1.29 bits per heavy atom. The highest BCUT2D eigenvalue weighted by Crippen LogP contribution is 2.23. The molecule has 31 heavy (non-hydrogen) atoms. The van der Waals surface area contributed by atoms with Crippen molar-refractivity contribution in [1.82, 2.24) is 4.57 Å². The fraction of sp³-hybridized carbons (Fsp3) is 0.292. The van der Waals surface area contributed by atoms with E-state index in [0.29, 0.717) is 16.9 Å². The summed E-state index contributed by atoms with van der Waals surface area (Å²) in [5, 5.41) is 19.6. The molecule has 0 aliphatic heterocycles. The first kappa shape index (κ1) is 21.9. The molecule has 3 rings (SSSR count). The summed E-state index contributed by atoms with van der Waals surface area (Å²) in [6.07, 6.45) is 1.52. The van der Waals surface area contributed by atoms with Crippen LogP contribution in [0.2, 0.25) is 0 Å². The van der Waals surface area contributed by atoms with Gasteiger partial charge in [0, 0.05) is 41.0 Å². The summed E-state index contributed by atoms with van der Waals surface area (Å²) in [4.78, 5) is 24.3. The smallest absolute Gasteiger partial charge is 0.349 e. The molecule has 7 nitrogen and oxygen atoms in total. The molecule has 0 bridgehead atoms. The van der Waals surface area contributed by atoms with Gasteiger partial charge in [0.25, 0.3) is 0 Å². The number of ether oxygens (including phenoxy) is 1. The summed E-state index contributed by atoms with van der Waals surface area (Å²) in [5.41, 5.74) is 2.66. The molecule has 0 aliphatic rings. The molecule has 160 valence electrons. The molecular formula is C24H24N2O5. The zero-order chi connectivity index (χ0) is 22.7. The molecule has 0 unspecified atom stereocenters. The van der Waals surface area contributed by atoms with Crippen LogP contribution in [0.3, 0.4) is 0 Å². The van der Waals surface area contributed by atoms with Crippen LogP contribution in [-0.2, 0) is 22.7 Å². The summed E-state index contributed by atoms with van der Waals surface area (Å²) < 4.78 is 12.5. The molecule has 3 aromatic rings. The molecule has 0 radical (unpaired) electrons. The lowest BCUT2D eigenvalue weighted by molar-refractivity contribution is -0.139. The molecule has 7 heteroatoms. The highest BCUT2D eigenvalue weighted by atomic mass is 16.5. The van der Waals surface area contributed by atoms with Gasteiger partial charge in [0.1, 0.15) is 29.6 Å². The van der Waals surface area contributed by atoms with E-state index in [2.05, 4.69) is 18.4 Å². The lowest BCUT2D eigenvalue weighted by Crippen LogP contribution is -2.09. The van der Waals surface area contributed by atoms with Gasteiger partial charge in [-0.3, -0.25) is 0 Å². The topological polar surface area (TPSA) is 105 Å². The molecule has 0 amide bonds. The Morgan fingerprint density at radius 2 is 2.03 bits per heavy atom. The lowest BCUT2D eigenvalue weighted by Gasteiger charge is -2.12. The van der Waals surface area contributed by atoms with Gasteiger partial charge in [-0.2, -0.15) is 5.26 Å². The molecule has 0 fully saturated rings. The van der Waals surface area contributed by atoms with E-state index in [1.807, 2.05) is 26.0 Å². The fourth-order valence-corrected chi connectivity index (χ4v) is 3.47. The van der Waals surface area contributed by atoms with E-state index in [-0.39, 0.29) is 23.5 Å². The van der Waals surface area contributed by atoms with E-state index in [1.165, 1.54) is 24.3 Å². The summed E-state index contributed by atoms with van der Waals surface area (Å²) in [5.74, 6) is -0.367. The van der Waals surface area contributed by atoms with Crippen LogP contribution in [0.15, 0.2) is 45.1 Å². The van der Waals surface area contributed by atoms with Crippen LogP contribution in [0.5, 0.6) is 5.75 Å². The van der Waals surface area contributed by atoms with Gasteiger partial charge < -0.3 is 18.8 Å². The molecule has 0 saturated carbocycles. The van der Waals surface area contributed by atoms with Crippen LogP contribution in [0.25, 0.3) is 17.0 Å². The second kappa shape index (κ2) is 8.92. The first-order chi connectivity index (χ1) is 14.7. The Labute approximate surface area is 179 Å². The van der Waals surface area contributed by atoms with Crippen molar-refractivity contribution in [3.05, 3.63) is 68.8 Å². The van der Waals surface area contributed by atoms with Crippen LogP contribution in [0.1, 0.15) is 36.4 Å². The Kier molecular flexibility index (Phi) is 6.30. The molecule has 2 aromatic heterocycles. The number of hydrogen-bond donors (Lipinski definition) is 1. The average molecular weight is 420 g/mol. The predicted molar refractivity (Wildman–Crippen MR) is 116 cm³/mol. The van der Waals surface area contributed by atoms with Crippen LogP contribution >= 0.6 is 0 Å². The van der Waals surface area contributed by atoms with Gasteiger partial charge in [0.05, 0.1) is 0 Å². The average Bonchev–Trinajstić information content (AvgIpc) is 2.96. The number of aromatic nitrogens is 1. The minimum Gasteiger partial charge on any atom is -0.508 e. The zero-order valence-electron chi connectivity index (χ0n) is 17.9. The number of rotatable bonds is 6. The number of aryl methyl sites for hydroxylation is 1. The van der Waals surface area contributed by atoms with E-state index in [4.69, 9.17) is 9.15 Å². The van der Waals surface area contributed by atoms with E-state index in [0.717, 1.165) is 23.5 Å². The van der Waals surface area contributed by atoms with Crippen molar-refractivity contribution in [2.45, 2.75) is 40.8 Å². The fourth-order valence-electron chi connectivity index (χ4n) is 3.47. The molecular weight excluding hydrogens is 396 g/mol. The van der Waals surface area contributed by atoms with Crippen molar-refractivity contribution >= 4 is 23.0 Å². The molecule has 1 N–H and O–H groups in total. The minimum absolute atomic E-state index is 0.0467. The van der Waals surface area contributed by atoms with Crippen LogP contribution in [-0.4, -0.2) is 15.6 Å². The SMILES string of the molecule is Cc1cc(/C=C(/C#N)C(=O)OCc2cc(=O)oc3cc(O)ccc23)c(C)n1CC(C)C. The Bertz CT molecular complexity index is 1270. The van der Waals surface area contributed by atoms with Gasteiger partial charge in [0.15, 0.2) is 0 Å². The number of nitriles is 1. The van der Waals surface area contributed by atoms with Gasteiger partial charge in [-0.1, -0.05) is 13.8 Å². The van der Waals surface area contributed by atoms with Crippen molar-refractivity contribution < 1.29 is 19.1 Å². The second-order valence-corrected chi connectivity index (χ2v) is 7.85. The Hall–Kier alpha value is -3.79. The van der Waals surface area contributed by atoms with Crippen molar-refractivity contribution in [2.24, 2.45) is 5.92 Å². The van der Waals surface area contributed by atoms with Crippen LogP contribution < -0.4 is 5.63 Å². The van der Waals surface area contributed by atoms with Crippen molar-refractivity contribution in [3.63, 3.8) is 0 Å². The summed E-state index contributed by atoms with van der Waals surface area (Å²) in [6, 6.07) is 9.39. The van der Waals surface area contributed by atoms with Crippen LogP contribution in [0, 0.1) is 31.1 Å². The molecule has 0 atom stereocenters. The van der Waals surface area contributed by atoms with E-state index >= 15 is 0 Å². The number of hydrogen-bond acceptors (Lipinski definition) is 6. The molecule has 0 aliphatic carbocycles. The van der Waals surface area contributed by atoms with E-state index in [9.17, 15) is 20.0 Å². The highest BCUT2D eigenvalue weighted by Gasteiger charge is 2.16. The Balaban J connectivity index is 1.84. The van der Waals surface area contributed by atoms with Gasteiger partial charge >= 0.3 is 11.6 Å². The number of phenolic OH excluding ortho intramolecular Hbond substituents is 1. The van der Waals surface area contributed by atoms with Crippen molar-refractivity contribution in [1.29, 1.82) is 5.26 Å². The number of carbonyl (C=O) groups is 1. The maximum atomic E-state index is 12.5. The third-order valence-electron chi connectivity index (χ3n) is 4.97. The zero-order valence-corrected chi connectivity index (χ0v) is 17.9. The van der Waals surface area contributed by atoms with Crippen molar-refractivity contribution in [3.8, 4) is 11.8 Å². The number of esters is 1. The van der Waals surface area contributed by atoms with Gasteiger partial charge in [-0.05, 0) is 49.6 Å². The normalized spacial score (nSPS) is 11.7. The van der Waals surface area contributed by atoms with Crippen LogP contribution in [0.4, 0.5) is 0 Å². The molecule has 1 aromatic carbocycles. The first-order valence-corrected chi connectivity index (χ1v) is 9.91. The minimum atomic E-state index is -0.781. The number of nitrogens with zero attached hydrogens (tertiary/aromatic N) is 2. The lowest BCUT2D eigenvalue weighted by atomic mass is 10.1. The number of carbonyl (C=O) groups excluding carboxylic acids is 1. The van der Waals surface area contributed by atoms with Crippen molar-refractivity contribution in [2.75, 3.05) is 0 Å². The standard InChI is InChI=1S/C24H24N2O5/c1-14(2)12-26-15(3)7-17(16(26)4)8-18(11-25)24(29)30-13-19-9-23(28)31-22-10-20(27)5-6-21(19)22/h5-10,14,27H,12-13H2,1-4H3/b18-8-. The number of benzene rings is 1. The number of phenols is 1. The summed E-state index contributed by atoms with van der Waals surface area (Å²) in [6.45, 7) is 8.82. The molecule has 2 heterocycles. The molecule has 0 spiro atoms. The van der Waals surface area contributed by atoms with Gasteiger partial charge in [0.2, 0.25) is 0 Å². The third-order valence-corrected chi connectivity index (χ3v) is 4.97. The monoisotopic (exact) mass is 420 g/mol. The molecule has 0 saturated heterocycles.